The Morgan fingerprint density at radius 2 is 1.63 bits per heavy atom. The molecule has 6 aromatic rings. The number of nitrogens with zero attached hydrogens (tertiary/aromatic N) is 3. The predicted octanol–water partition coefficient (Wildman–Crippen LogP) is 5.53. The largest absolute Gasteiger partial charge is 0.491 e. The zero-order valence-electron chi connectivity index (χ0n) is 46.8. The quantitative estimate of drug-likeness (QED) is 0.0401. The highest BCUT2D eigenvalue weighted by Gasteiger charge is 2.45. The number of aromatic nitrogens is 2. The maximum absolute atomic E-state index is 14.5. The molecule has 4 aromatic carbocycles. The first-order valence-corrected chi connectivity index (χ1v) is 30.2. The zero-order chi connectivity index (χ0) is 59.5. The maximum atomic E-state index is 14.5. The lowest BCUT2D eigenvalue weighted by Crippen LogP contribution is -2.57. The van der Waals surface area contributed by atoms with E-state index >= 15 is 0 Å². The molecule has 6 amide bonds. The van der Waals surface area contributed by atoms with Crippen LogP contribution in [0.5, 0.6) is 5.75 Å². The van der Waals surface area contributed by atoms with Crippen molar-refractivity contribution >= 4 is 76.5 Å². The van der Waals surface area contributed by atoms with Gasteiger partial charge in [0.2, 0.25) is 29.5 Å². The molecule has 2 aromatic heterocycles. The molecule has 0 spiro atoms. The summed E-state index contributed by atoms with van der Waals surface area (Å²) in [6.45, 7) is 9.50. The molecule has 438 valence electrons. The summed E-state index contributed by atoms with van der Waals surface area (Å²) in [5.74, 6) is -2.12. The van der Waals surface area contributed by atoms with Crippen LogP contribution >= 0.6 is 18.9 Å². The number of fused-ring (bicyclic) bond motifs is 1. The lowest BCUT2D eigenvalue weighted by molar-refractivity contribution is -0.144. The second kappa shape index (κ2) is 25.0. The van der Waals surface area contributed by atoms with Gasteiger partial charge in [0.1, 0.15) is 36.2 Å². The lowest BCUT2D eigenvalue weighted by atomic mass is 9.85. The van der Waals surface area contributed by atoms with E-state index in [9.17, 15) is 53.0 Å². The van der Waals surface area contributed by atoms with Gasteiger partial charge in [-0.1, -0.05) is 75.4 Å². The number of rotatable bonds is 21. The number of aromatic amines is 1. The first kappa shape index (κ1) is 59.9. The Morgan fingerprint density at radius 3 is 2.34 bits per heavy atom. The van der Waals surface area contributed by atoms with Crippen LogP contribution in [0, 0.1) is 12.3 Å². The monoisotopic (exact) mass is 1170 g/mol. The molecule has 10 N–H and O–H groups in total. The normalized spacial score (nSPS) is 18.8. The summed E-state index contributed by atoms with van der Waals surface area (Å²) in [4.78, 5) is 125. The van der Waals surface area contributed by atoms with E-state index in [2.05, 4.69) is 31.2 Å². The molecule has 83 heavy (non-hydrogen) atoms. The number of ether oxygens (including phenoxy) is 1. The second-order valence-electron chi connectivity index (χ2n) is 22.9. The maximum Gasteiger partial charge on any atom is 0.396 e. The second-order valence-corrected chi connectivity index (χ2v) is 25.2. The number of aliphatic hydroxyl groups is 1. The molecule has 5 heterocycles. The Hall–Kier alpha value is -7.75. The van der Waals surface area contributed by atoms with Gasteiger partial charge in [-0.3, -0.25) is 38.1 Å². The van der Waals surface area contributed by atoms with Crippen LogP contribution in [0.4, 0.5) is 5.69 Å². The number of primary amides is 1. The van der Waals surface area contributed by atoms with Gasteiger partial charge in [0.05, 0.1) is 34.3 Å². The first-order valence-electron chi connectivity index (χ1n) is 27.7. The van der Waals surface area contributed by atoms with Gasteiger partial charge in [-0.15, -0.1) is 11.3 Å². The molecule has 23 heteroatoms. The fourth-order valence-corrected chi connectivity index (χ4v) is 12.5. The topological polar surface area (TPSA) is 316 Å². The van der Waals surface area contributed by atoms with Crippen LogP contribution < -0.4 is 36.6 Å². The van der Waals surface area contributed by atoms with Crippen molar-refractivity contribution in [1.82, 2.24) is 36.1 Å². The van der Waals surface area contributed by atoms with E-state index in [0.717, 1.165) is 44.1 Å². The molecule has 0 bridgehead atoms. The van der Waals surface area contributed by atoms with Crippen molar-refractivity contribution in [1.29, 1.82) is 0 Å². The SMILES string of the molecule is Cc1ncsc1-c1ccc([C@H](C)NC(=O)[C@@H]2C[C@@H](O)CN2C(=O)[C@@H](NC(=O)CCc2cccc(OC[C@H](CCC(N)=O)NC(=O)[C@@H]3Cc4cccc5c4N3C[C@@H](NC(=O)c3cc4cc(C(=O)P(=O)(O)O)ccc4[nH]3)CC5)c2)C(C)(C)C)cc1. The number of likely N-dealkylation sites (tertiary alicyclic amines) is 1. The minimum absolute atomic E-state index is 0.00937. The summed E-state index contributed by atoms with van der Waals surface area (Å²) < 4.78 is 17.9. The molecule has 0 aliphatic carbocycles. The Kier molecular flexibility index (Phi) is 18.0. The fraction of sp³-hybridized carbons (Fsp3) is 0.400. The van der Waals surface area contributed by atoms with E-state index in [1.54, 1.807) is 35.0 Å². The predicted molar refractivity (Wildman–Crippen MR) is 313 cm³/mol. The van der Waals surface area contributed by atoms with Crippen LogP contribution in [0.25, 0.3) is 21.3 Å². The number of benzene rings is 4. The van der Waals surface area contributed by atoms with Gasteiger partial charge in [-0.25, -0.2) is 4.98 Å². The number of thiazole rings is 1. The zero-order valence-corrected chi connectivity index (χ0v) is 48.6. The highest BCUT2D eigenvalue weighted by Crippen LogP contribution is 2.41. The minimum Gasteiger partial charge on any atom is -0.491 e. The third-order valence-corrected chi connectivity index (χ3v) is 17.4. The molecule has 3 aliphatic rings. The van der Waals surface area contributed by atoms with Gasteiger partial charge in [-0.05, 0) is 109 Å². The number of para-hydroxylation sites is 1. The van der Waals surface area contributed by atoms with E-state index < -0.39 is 90.4 Å². The van der Waals surface area contributed by atoms with Crippen molar-refractivity contribution in [3.05, 3.63) is 136 Å². The number of amides is 6. The van der Waals surface area contributed by atoms with E-state index in [1.165, 1.54) is 29.2 Å². The molecule has 1 fully saturated rings. The Labute approximate surface area is 484 Å². The lowest BCUT2D eigenvalue weighted by Gasteiger charge is -2.35. The van der Waals surface area contributed by atoms with Gasteiger partial charge < -0.3 is 61.4 Å². The molecule has 0 radical (unpaired) electrons. The number of nitrogens with one attached hydrogen (secondary N) is 5. The van der Waals surface area contributed by atoms with E-state index in [-0.39, 0.29) is 62.4 Å². The number of anilines is 1. The molecule has 21 nitrogen and oxygen atoms in total. The third-order valence-electron chi connectivity index (χ3n) is 15.6. The standard InChI is InChI=1S/C60H70N9O12PS/c1-33(36-13-15-38(16-14-36)53-34(2)62-32-83-53)63-56(74)49-28-44(70)30-69(49)58(76)54(60(3,4)5)67-51(72)23-12-35-8-6-11-45(24-35)81-31-43(20-22-50(61)71)65-57(75)48-27-39-10-7-9-37-17-19-42(29-68(48)52(37)39)64-55(73)47-26-41-25-40(18-21-46(41)66-47)59(77)82(78,79)80/h6-11,13-16,18,21,24-26,32-33,42-44,48-49,54,66,70H,12,17,19-20,22-23,27-31H2,1-5H3,(H2,61,71)(H,63,74)(H,64,73)(H,65,75)(H,67,72)(H2,78,79,80)/t33-,42-,43-,44+,48-,49-,54+/m0/s1. The van der Waals surface area contributed by atoms with Gasteiger partial charge in [0.15, 0.2) is 0 Å². The third kappa shape index (κ3) is 14.2. The summed E-state index contributed by atoms with van der Waals surface area (Å²) in [6.07, 6.45) is 1.13. The number of nitrogens with two attached hydrogens (primary N) is 1. The van der Waals surface area contributed by atoms with E-state index in [4.69, 9.17) is 10.5 Å². The van der Waals surface area contributed by atoms with Crippen LogP contribution in [-0.2, 0) is 47.8 Å². The molecule has 0 unspecified atom stereocenters. The summed E-state index contributed by atoms with van der Waals surface area (Å²) in [6, 6.07) is 22.4. The van der Waals surface area contributed by atoms with Gasteiger partial charge >= 0.3 is 7.60 Å². The van der Waals surface area contributed by atoms with Crippen molar-refractivity contribution in [3.8, 4) is 16.2 Å². The number of hydrogen-bond acceptors (Lipinski definition) is 13. The van der Waals surface area contributed by atoms with Crippen LogP contribution in [0.2, 0.25) is 0 Å². The Morgan fingerprint density at radius 1 is 0.892 bits per heavy atom. The van der Waals surface area contributed by atoms with Crippen molar-refractivity contribution in [2.75, 3.05) is 24.6 Å². The van der Waals surface area contributed by atoms with Crippen LogP contribution in [-0.4, -0.2) is 127 Å². The van der Waals surface area contributed by atoms with Crippen molar-refractivity contribution < 1.29 is 57.8 Å². The molecular formula is C60H70N9O12PS. The Bertz CT molecular complexity index is 3500. The van der Waals surface area contributed by atoms with E-state index in [0.29, 0.717) is 42.5 Å². The number of aliphatic hydroxyl groups excluding tert-OH is 1. The number of carbonyl (C=O) groups is 7. The Balaban J connectivity index is 0.798. The molecule has 3 aliphatic heterocycles. The van der Waals surface area contributed by atoms with Crippen molar-refractivity contribution in [2.24, 2.45) is 11.1 Å². The molecule has 7 atom stereocenters. The molecule has 1 saturated heterocycles. The average molecular weight is 1170 g/mol. The van der Waals surface area contributed by atoms with E-state index in [1.807, 2.05) is 88.0 Å². The fourth-order valence-electron chi connectivity index (χ4n) is 11.2. The number of hydrogen-bond donors (Lipinski definition) is 9. The summed E-state index contributed by atoms with van der Waals surface area (Å²) >= 11 is 1.55. The summed E-state index contributed by atoms with van der Waals surface area (Å²) in [7, 11) is -5.02. The van der Waals surface area contributed by atoms with Crippen molar-refractivity contribution in [2.45, 2.75) is 128 Å². The minimum atomic E-state index is -5.02. The van der Waals surface area contributed by atoms with Crippen LogP contribution in [0.3, 0.4) is 0 Å². The molecular weight excluding hydrogens is 1100 g/mol. The van der Waals surface area contributed by atoms with Gasteiger partial charge in [0, 0.05) is 67.0 Å². The van der Waals surface area contributed by atoms with Gasteiger partial charge in [-0.2, -0.15) is 0 Å². The molecule has 0 saturated carbocycles. The highest BCUT2D eigenvalue weighted by atomic mass is 32.1. The molecule has 9 rings (SSSR count). The van der Waals surface area contributed by atoms with Gasteiger partial charge in [0.25, 0.3) is 11.4 Å². The summed E-state index contributed by atoms with van der Waals surface area (Å²) in [5.41, 5.74) is 12.3. The first-order chi connectivity index (χ1) is 39.4. The number of β-amino-alcohol motifs (C(OH)–C–C–N with tert-alkyl or cyclic N) is 1. The number of carbonyl (C=O) groups excluding carboxylic acids is 7. The van der Waals surface area contributed by atoms with Crippen LogP contribution in [0.1, 0.15) is 115 Å². The van der Waals surface area contributed by atoms with Crippen molar-refractivity contribution in [3.63, 3.8) is 0 Å². The summed E-state index contributed by atoms with van der Waals surface area (Å²) in [5, 5.41) is 23.4. The number of H-pyrrole nitrogens is 1. The number of aryl methyl sites for hydroxylation is 3. The van der Waals surface area contributed by atoms with Crippen LogP contribution in [0.15, 0.2) is 96.5 Å². The smallest absolute Gasteiger partial charge is 0.396 e. The highest BCUT2D eigenvalue weighted by molar-refractivity contribution is 7.70. The average Bonchev–Trinajstić information content (AvgIpc) is 3.17.